The molecule has 0 fully saturated rings. The molecule has 27 heavy (non-hydrogen) atoms. The molecule has 1 aromatic heterocycles. The zero-order valence-electron chi connectivity index (χ0n) is 14.6. The van der Waals surface area contributed by atoms with Gasteiger partial charge in [-0.05, 0) is 37.3 Å². The van der Waals surface area contributed by atoms with E-state index in [0.717, 1.165) is 0 Å². The number of ether oxygens (including phenoxy) is 2. The first-order valence-corrected chi connectivity index (χ1v) is 8.34. The lowest BCUT2D eigenvalue weighted by atomic mass is 10.2. The summed E-state index contributed by atoms with van der Waals surface area (Å²) in [7, 11) is 1.50. The van der Waals surface area contributed by atoms with Crippen molar-refractivity contribution in [1.82, 2.24) is 5.16 Å². The van der Waals surface area contributed by atoms with Gasteiger partial charge < -0.3 is 19.3 Å². The average molecular weight is 391 g/mol. The van der Waals surface area contributed by atoms with Crippen molar-refractivity contribution in [1.29, 1.82) is 0 Å². The highest BCUT2D eigenvalue weighted by molar-refractivity contribution is 6.32. The molecule has 2 aromatic carbocycles. The molecule has 0 atom stereocenters. The molecule has 3 aromatic rings. The van der Waals surface area contributed by atoms with Crippen LogP contribution in [0.15, 0.2) is 47.0 Å². The van der Waals surface area contributed by atoms with E-state index < -0.39 is 11.7 Å². The van der Waals surface area contributed by atoms with Crippen LogP contribution in [0.5, 0.6) is 11.5 Å². The van der Waals surface area contributed by atoms with Crippen LogP contribution in [0.1, 0.15) is 21.8 Å². The summed E-state index contributed by atoms with van der Waals surface area (Å²) in [6, 6.07) is 10.6. The highest BCUT2D eigenvalue weighted by Crippen LogP contribution is 2.28. The van der Waals surface area contributed by atoms with E-state index in [2.05, 4.69) is 10.5 Å². The van der Waals surface area contributed by atoms with Crippen molar-refractivity contribution in [3.05, 3.63) is 70.3 Å². The molecule has 8 heteroatoms. The largest absolute Gasteiger partial charge is 0.495 e. The van der Waals surface area contributed by atoms with Gasteiger partial charge in [-0.3, -0.25) is 4.79 Å². The molecule has 0 aliphatic rings. The SMILES string of the molecule is COc1ccc(NC(=O)c2noc(C)c2COc2cccc(F)c2)cc1Cl. The maximum atomic E-state index is 13.3. The number of hydrogen-bond acceptors (Lipinski definition) is 5. The van der Waals surface area contributed by atoms with Crippen LogP contribution in [0.4, 0.5) is 10.1 Å². The second-order valence-corrected chi connectivity index (χ2v) is 6.02. The molecule has 1 heterocycles. The summed E-state index contributed by atoms with van der Waals surface area (Å²) in [4.78, 5) is 12.6. The van der Waals surface area contributed by atoms with Crippen molar-refractivity contribution in [2.75, 3.05) is 12.4 Å². The summed E-state index contributed by atoms with van der Waals surface area (Å²) in [6.45, 7) is 1.67. The molecule has 0 aliphatic carbocycles. The Balaban J connectivity index is 1.75. The van der Waals surface area contributed by atoms with Gasteiger partial charge in [-0.2, -0.15) is 0 Å². The molecule has 1 amide bonds. The molecule has 0 spiro atoms. The highest BCUT2D eigenvalue weighted by Gasteiger charge is 2.21. The van der Waals surface area contributed by atoms with Gasteiger partial charge in [0.1, 0.15) is 29.7 Å². The Morgan fingerprint density at radius 1 is 1.30 bits per heavy atom. The first-order valence-electron chi connectivity index (χ1n) is 7.96. The fourth-order valence-corrected chi connectivity index (χ4v) is 2.64. The van der Waals surface area contributed by atoms with Crippen molar-refractivity contribution < 1.29 is 23.2 Å². The number of carbonyl (C=O) groups is 1. The number of amides is 1. The summed E-state index contributed by atoms with van der Waals surface area (Å²) < 4.78 is 29.0. The molecule has 6 nitrogen and oxygen atoms in total. The van der Waals surface area contributed by atoms with Gasteiger partial charge in [-0.1, -0.05) is 22.8 Å². The topological polar surface area (TPSA) is 73.6 Å². The molecule has 0 bridgehead atoms. The van der Waals surface area contributed by atoms with Gasteiger partial charge in [0, 0.05) is 11.8 Å². The van der Waals surface area contributed by atoms with E-state index in [1.54, 1.807) is 31.2 Å². The van der Waals surface area contributed by atoms with Crippen LogP contribution < -0.4 is 14.8 Å². The Hall–Kier alpha value is -3.06. The predicted molar refractivity (Wildman–Crippen MR) is 97.9 cm³/mol. The third-order valence-corrected chi connectivity index (χ3v) is 4.08. The Morgan fingerprint density at radius 2 is 2.11 bits per heavy atom. The minimum absolute atomic E-state index is 0.00487. The maximum absolute atomic E-state index is 13.3. The summed E-state index contributed by atoms with van der Waals surface area (Å²) in [5.41, 5.74) is 1.02. The van der Waals surface area contributed by atoms with Gasteiger partial charge in [0.05, 0.1) is 17.7 Å². The van der Waals surface area contributed by atoms with Crippen LogP contribution in [0.2, 0.25) is 5.02 Å². The van der Waals surface area contributed by atoms with Crippen molar-refractivity contribution >= 4 is 23.2 Å². The van der Waals surface area contributed by atoms with Crippen LogP contribution in [0, 0.1) is 12.7 Å². The van der Waals surface area contributed by atoms with Gasteiger partial charge in [0.15, 0.2) is 5.69 Å². The average Bonchev–Trinajstić information content (AvgIpc) is 3.01. The molecular weight excluding hydrogens is 375 g/mol. The van der Waals surface area contributed by atoms with Gasteiger partial charge >= 0.3 is 0 Å². The number of nitrogens with zero attached hydrogens (tertiary/aromatic N) is 1. The van der Waals surface area contributed by atoms with E-state index in [-0.39, 0.29) is 12.3 Å². The fraction of sp³-hybridized carbons (Fsp3) is 0.158. The Bertz CT molecular complexity index is 974. The fourth-order valence-electron chi connectivity index (χ4n) is 2.39. The molecule has 1 N–H and O–H groups in total. The molecule has 140 valence electrons. The number of halogens is 2. The van der Waals surface area contributed by atoms with Gasteiger partial charge in [-0.25, -0.2) is 4.39 Å². The lowest BCUT2D eigenvalue weighted by Crippen LogP contribution is -2.15. The first-order chi connectivity index (χ1) is 13.0. The summed E-state index contributed by atoms with van der Waals surface area (Å²) in [5.74, 6) is 0.374. The quantitative estimate of drug-likeness (QED) is 0.665. The Kier molecular flexibility index (Phi) is 5.61. The number of hydrogen-bond donors (Lipinski definition) is 1. The van der Waals surface area contributed by atoms with Gasteiger partial charge in [0.25, 0.3) is 5.91 Å². The predicted octanol–water partition coefficient (Wildman–Crippen LogP) is 4.62. The minimum atomic E-state index is -0.481. The summed E-state index contributed by atoms with van der Waals surface area (Å²) in [6.07, 6.45) is 0. The lowest BCUT2D eigenvalue weighted by Gasteiger charge is -2.09. The summed E-state index contributed by atoms with van der Waals surface area (Å²) in [5, 5.41) is 6.86. The standard InChI is InChI=1S/C19H16ClFN2O4/c1-11-15(10-26-14-5-3-4-12(21)8-14)18(23-27-11)19(24)22-13-6-7-17(25-2)16(20)9-13/h3-9H,10H2,1-2H3,(H,22,24). The molecule has 0 aliphatic heterocycles. The van der Waals surface area contributed by atoms with Crippen LogP contribution in [0.3, 0.4) is 0 Å². The number of aromatic nitrogens is 1. The van der Waals surface area contributed by atoms with Crippen LogP contribution in [-0.4, -0.2) is 18.2 Å². The molecule has 0 unspecified atom stereocenters. The van der Waals surface area contributed by atoms with Crippen molar-refractivity contribution in [3.8, 4) is 11.5 Å². The maximum Gasteiger partial charge on any atom is 0.278 e. The summed E-state index contributed by atoms with van der Waals surface area (Å²) >= 11 is 6.06. The van der Waals surface area contributed by atoms with E-state index in [1.165, 1.54) is 25.3 Å². The van der Waals surface area contributed by atoms with Gasteiger partial charge in [-0.15, -0.1) is 0 Å². The third-order valence-electron chi connectivity index (χ3n) is 3.79. The van der Waals surface area contributed by atoms with Crippen molar-refractivity contribution in [2.24, 2.45) is 0 Å². The van der Waals surface area contributed by atoms with E-state index >= 15 is 0 Å². The normalized spacial score (nSPS) is 10.5. The molecular formula is C19H16ClFN2O4. The monoisotopic (exact) mass is 390 g/mol. The van der Waals surface area contributed by atoms with Gasteiger partial charge in [0.2, 0.25) is 0 Å². The smallest absolute Gasteiger partial charge is 0.278 e. The second-order valence-electron chi connectivity index (χ2n) is 5.62. The number of nitrogens with one attached hydrogen (secondary N) is 1. The number of anilines is 1. The molecule has 0 radical (unpaired) electrons. The lowest BCUT2D eigenvalue weighted by molar-refractivity contribution is 0.101. The van der Waals surface area contributed by atoms with Crippen molar-refractivity contribution in [3.63, 3.8) is 0 Å². The highest BCUT2D eigenvalue weighted by atomic mass is 35.5. The molecule has 0 saturated carbocycles. The van der Waals surface area contributed by atoms with Crippen LogP contribution in [0.25, 0.3) is 0 Å². The zero-order valence-corrected chi connectivity index (χ0v) is 15.3. The number of benzene rings is 2. The number of aryl methyl sites for hydroxylation is 1. The van der Waals surface area contributed by atoms with Crippen molar-refractivity contribution in [2.45, 2.75) is 13.5 Å². The van der Waals surface area contributed by atoms with E-state index in [0.29, 0.717) is 33.5 Å². The van der Waals surface area contributed by atoms with E-state index in [4.69, 9.17) is 25.6 Å². The molecule has 3 rings (SSSR count). The Labute approximate surface area is 159 Å². The Morgan fingerprint density at radius 3 is 2.81 bits per heavy atom. The van der Waals surface area contributed by atoms with E-state index in [1.807, 2.05) is 0 Å². The number of carbonyl (C=O) groups excluding carboxylic acids is 1. The first kappa shape index (κ1) is 18.7. The number of rotatable bonds is 6. The van der Waals surface area contributed by atoms with Crippen LogP contribution >= 0.6 is 11.6 Å². The zero-order chi connectivity index (χ0) is 19.4. The third kappa shape index (κ3) is 4.38. The van der Waals surface area contributed by atoms with Crippen LogP contribution in [-0.2, 0) is 6.61 Å². The number of methoxy groups -OCH3 is 1. The van der Waals surface area contributed by atoms with E-state index in [9.17, 15) is 9.18 Å². The molecule has 0 saturated heterocycles. The minimum Gasteiger partial charge on any atom is -0.495 e. The second kappa shape index (κ2) is 8.09.